The second kappa shape index (κ2) is 2.03. The van der Waals surface area contributed by atoms with Crippen LogP contribution in [0.3, 0.4) is 0 Å². The molecule has 0 radical (unpaired) electrons. The van der Waals surface area contributed by atoms with Crippen molar-refractivity contribution in [3.63, 3.8) is 0 Å². The number of rotatable bonds is 0. The van der Waals surface area contributed by atoms with Gasteiger partial charge in [-0.25, -0.2) is 4.98 Å². The maximum absolute atomic E-state index is 5.41. The molecule has 0 bridgehead atoms. The third-order valence-electron chi connectivity index (χ3n) is 0.464. The highest BCUT2D eigenvalue weighted by Crippen LogP contribution is 2.16. The predicted octanol–water partition coefficient (Wildman–Crippen LogP) is 2.09. The third kappa shape index (κ3) is 1.33. The van der Waals surface area contributed by atoms with Gasteiger partial charge in [-0.1, -0.05) is 11.6 Å². The average Bonchev–Trinajstić information content (AvgIpc) is 1.87. The van der Waals surface area contributed by atoms with Crippen LogP contribution >= 0.6 is 35.6 Å². The molecular formula is C3H2ClNS2. The molecule has 0 aliphatic carbocycles. The summed E-state index contributed by atoms with van der Waals surface area (Å²) in [6.07, 6.45) is 0. The van der Waals surface area contributed by atoms with Gasteiger partial charge in [0.15, 0.2) is 0 Å². The zero-order valence-corrected chi connectivity index (χ0v) is 5.72. The van der Waals surface area contributed by atoms with Crippen LogP contribution < -0.4 is 0 Å². The number of hydrogen-bond donors (Lipinski definition) is 1. The number of thiazole rings is 1. The number of aromatic nitrogens is 1. The van der Waals surface area contributed by atoms with Crippen molar-refractivity contribution in [3.05, 3.63) is 10.5 Å². The van der Waals surface area contributed by atoms with Crippen molar-refractivity contribution in [2.45, 2.75) is 4.34 Å². The molecule has 0 saturated heterocycles. The molecular weight excluding hydrogens is 150 g/mol. The van der Waals surface area contributed by atoms with Gasteiger partial charge in [0.1, 0.15) is 9.49 Å². The van der Waals surface area contributed by atoms with Crippen molar-refractivity contribution >= 4 is 35.6 Å². The Hall–Kier alpha value is 0.270. The molecule has 0 spiro atoms. The zero-order chi connectivity index (χ0) is 5.28. The molecule has 1 heterocycles. The fraction of sp³-hybridized carbons (Fsp3) is 0. The zero-order valence-electron chi connectivity index (χ0n) is 3.26. The minimum atomic E-state index is 0.523. The van der Waals surface area contributed by atoms with Gasteiger partial charge in [0.05, 0.1) is 0 Å². The molecule has 38 valence electrons. The predicted molar refractivity (Wildman–Crippen MR) is 34.4 cm³/mol. The Bertz CT molecular complexity index is 145. The second-order valence-electron chi connectivity index (χ2n) is 0.953. The lowest BCUT2D eigenvalue weighted by Gasteiger charge is -1.67. The van der Waals surface area contributed by atoms with E-state index in [-0.39, 0.29) is 0 Å². The van der Waals surface area contributed by atoms with E-state index in [9.17, 15) is 0 Å². The SMILES string of the molecule is Sc1nc(Cl)cs1. The molecule has 0 atom stereocenters. The van der Waals surface area contributed by atoms with E-state index in [4.69, 9.17) is 11.6 Å². The molecule has 0 unspecified atom stereocenters. The minimum Gasteiger partial charge on any atom is -0.218 e. The Balaban J connectivity index is 3.04. The fourth-order valence-electron chi connectivity index (χ4n) is 0.245. The van der Waals surface area contributed by atoms with Crippen LogP contribution in [0.4, 0.5) is 0 Å². The lowest BCUT2D eigenvalue weighted by Crippen LogP contribution is -1.56. The average molecular weight is 152 g/mol. The van der Waals surface area contributed by atoms with E-state index < -0.39 is 0 Å². The molecule has 0 amide bonds. The quantitative estimate of drug-likeness (QED) is 0.561. The Labute approximate surface area is 55.7 Å². The Morgan fingerprint density at radius 1 is 1.86 bits per heavy atom. The summed E-state index contributed by atoms with van der Waals surface area (Å²) < 4.78 is 0.713. The lowest BCUT2D eigenvalue weighted by molar-refractivity contribution is 1.26. The maximum atomic E-state index is 5.41. The smallest absolute Gasteiger partial charge is 0.148 e. The van der Waals surface area contributed by atoms with E-state index in [0.717, 1.165) is 0 Å². The van der Waals surface area contributed by atoms with E-state index in [2.05, 4.69) is 17.6 Å². The minimum absolute atomic E-state index is 0.523. The van der Waals surface area contributed by atoms with Crippen LogP contribution in [0, 0.1) is 0 Å². The maximum Gasteiger partial charge on any atom is 0.148 e. The van der Waals surface area contributed by atoms with Crippen LogP contribution in [0.15, 0.2) is 9.72 Å². The van der Waals surface area contributed by atoms with E-state index in [1.165, 1.54) is 11.3 Å². The van der Waals surface area contributed by atoms with Crippen LogP contribution in [0.5, 0.6) is 0 Å². The van der Waals surface area contributed by atoms with Crippen LogP contribution in [-0.2, 0) is 0 Å². The van der Waals surface area contributed by atoms with Crippen LogP contribution in [0.2, 0.25) is 5.15 Å². The highest BCUT2D eigenvalue weighted by molar-refractivity contribution is 7.82. The van der Waals surface area contributed by atoms with Gasteiger partial charge < -0.3 is 0 Å². The molecule has 0 aromatic carbocycles. The number of hydrogen-bond acceptors (Lipinski definition) is 3. The molecule has 0 aliphatic rings. The first kappa shape index (κ1) is 5.41. The van der Waals surface area contributed by atoms with Gasteiger partial charge in [0.2, 0.25) is 0 Å². The van der Waals surface area contributed by atoms with Crippen molar-refractivity contribution in [1.82, 2.24) is 4.98 Å². The molecule has 4 heteroatoms. The van der Waals surface area contributed by atoms with Gasteiger partial charge in [-0.2, -0.15) is 0 Å². The van der Waals surface area contributed by atoms with Crippen molar-refractivity contribution in [3.8, 4) is 0 Å². The standard InChI is InChI=1S/C3H2ClNS2/c4-2-1-7-3(6)5-2/h1H,(H,5,6). The summed E-state index contributed by atoms with van der Waals surface area (Å²) in [5.74, 6) is 0. The Morgan fingerprint density at radius 3 is 2.71 bits per heavy atom. The van der Waals surface area contributed by atoms with Crippen LogP contribution in [0.1, 0.15) is 0 Å². The summed E-state index contributed by atoms with van der Waals surface area (Å²) in [6.45, 7) is 0. The largest absolute Gasteiger partial charge is 0.218 e. The summed E-state index contributed by atoms with van der Waals surface area (Å²) in [5.41, 5.74) is 0. The van der Waals surface area contributed by atoms with Gasteiger partial charge in [-0.3, -0.25) is 0 Å². The summed E-state index contributed by atoms with van der Waals surface area (Å²) in [6, 6.07) is 0. The number of thiol groups is 1. The van der Waals surface area contributed by atoms with Crippen molar-refractivity contribution in [1.29, 1.82) is 0 Å². The van der Waals surface area contributed by atoms with E-state index in [1.54, 1.807) is 5.38 Å². The van der Waals surface area contributed by atoms with Crippen molar-refractivity contribution in [2.75, 3.05) is 0 Å². The van der Waals surface area contributed by atoms with Gasteiger partial charge >= 0.3 is 0 Å². The second-order valence-corrected chi connectivity index (χ2v) is 2.92. The first-order valence-corrected chi connectivity index (χ1v) is 3.29. The number of nitrogens with zero attached hydrogens (tertiary/aromatic N) is 1. The van der Waals surface area contributed by atoms with Crippen LogP contribution in [-0.4, -0.2) is 4.98 Å². The van der Waals surface area contributed by atoms with Crippen molar-refractivity contribution in [2.24, 2.45) is 0 Å². The van der Waals surface area contributed by atoms with Gasteiger partial charge in [0.25, 0.3) is 0 Å². The Morgan fingerprint density at radius 2 is 2.57 bits per heavy atom. The fourth-order valence-corrected chi connectivity index (χ4v) is 1.24. The topological polar surface area (TPSA) is 12.9 Å². The van der Waals surface area contributed by atoms with Crippen molar-refractivity contribution < 1.29 is 0 Å². The summed E-state index contributed by atoms with van der Waals surface area (Å²) in [7, 11) is 0. The molecule has 0 fully saturated rings. The molecule has 1 rings (SSSR count). The molecule has 1 aromatic rings. The Kier molecular flexibility index (Phi) is 1.57. The van der Waals surface area contributed by atoms with E-state index in [0.29, 0.717) is 9.49 Å². The monoisotopic (exact) mass is 151 g/mol. The van der Waals surface area contributed by atoms with Gasteiger partial charge in [0, 0.05) is 5.38 Å². The first-order valence-electron chi connectivity index (χ1n) is 1.59. The molecule has 0 aliphatic heterocycles. The number of halogens is 1. The molecule has 0 saturated carbocycles. The lowest BCUT2D eigenvalue weighted by atomic mass is 11.0. The highest BCUT2D eigenvalue weighted by Gasteiger charge is 1.89. The van der Waals surface area contributed by atoms with Gasteiger partial charge in [-0.15, -0.1) is 24.0 Å². The third-order valence-corrected chi connectivity index (χ3v) is 1.85. The van der Waals surface area contributed by atoms with E-state index >= 15 is 0 Å². The molecule has 7 heavy (non-hydrogen) atoms. The first-order chi connectivity index (χ1) is 3.29. The highest BCUT2D eigenvalue weighted by atomic mass is 35.5. The molecule has 1 aromatic heterocycles. The van der Waals surface area contributed by atoms with E-state index in [1.807, 2.05) is 0 Å². The normalized spacial score (nSPS) is 9.43. The molecule has 1 nitrogen and oxygen atoms in total. The van der Waals surface area contributed by atoms with Gasteiger partial charge in [-0.05, 0) is 0 Å². The summed E-state index contributed by atoms with van der Waals surface area (Å²) >= 11 is 10.8. The summed E-state index contributed by atoms with van der Waals surface area (Å²) in [4.78, 5) is 3.76. The summed E-state index contributed by atoms with van der Waals surface area (Å²) in [5, 5.41) is 2.26. The van der Waals surface area contributed by atoms with Crippen LogP contribution in [0.25, 0.3) is 0 Å². The molecule has 0 N–H and O–H groups in total.